The van der Waals surface area contributed by atoms with E-state index in [1.54, 1.807) is 0 Å². The van der Waals surface area contributed by atoms with Crippen LogP contribution in [0.2, 0.25) is 5.02 Å². The smallest absolute Gasteiger partial charge is 0.325 e. The van der Waals surface area contributed by atoms with Crippen LogP contribution in [0.1, 0.15) is 24.3 Å². The van der Waals surface area contributed by atoms with Crippen LogP contribution >= 0.6 is 11.6 Å². The number of carbonyl (C=O) groups is 2. The number of aromatic amines is 1. The molecule has 6 heteroatoms. The molecule has 0 radical (unpaired) electrons. The highest BCUT2D eigenvalue weighted by atomic mass is 35.5. The van der Waals surface area contributed by atoms with Gasteiger partial charge < -0.3 is 14.6 Å². The van der Waals surface area contributed by atoms with E-state index >= 15 is 0 Å². The number of rotatable bonds is 4. The molecular formula is C11H15ClN2O3. The van der Waals surface area contributed by atoms with Crippen LogP contribution in [0.3, 0.4) is 0 Å². The molecule has 0 aliphatic carbocycles. The fourth-order valence-corrected chi connectivity index (χ4v) is 1.50. The van der Waals surface area contributed by atoms with E-state index in [1.807, 2.05) is 13.8 Å². The van der Waals surface area contributed by atoms with Crippen LogP contribution in [-0.4, -0.2) is 41.5 Å². The molecule has 0 aliphatic rings. The second-order valence-corrected chi connectivity index (χ2v) is 4.27. The maximum absolute atomic E-state index is 12.1. The van der Waals surface area contributed by atoms with Gasteiger partial charge in [-0.15, -0.1) is 0 Å². The van der Waals surface area contributed by atoms with Crippen LogP contribution in [0.5, 0.6) is 0 Å². The summed E-state index contributed by atoms with van der Waals surface area (Å²) in [5.41, 5.74) is 0.354. The second-order valence-electron chi connectivity index (χ2n) is 3.83. The predicted molar refractivity (Wildman–Crippen MR) is 64.0 cm³/mol. The predicted octanol–water partition coefficient (Wildman–Crippen LogP) is 1.69. The van der Waals surface area contributed by atoms with E-state index in [0.717, 1.165) is 0 Å². The Bertz CT molecular complexity index is 415. The number of H-pyrrole nitrogens is 1. The Hall–Kier alpha value is -1.49. The van der Waals surface area contributed by atoms with Crippen molar-refractivity contribution < 1.29 is 14.3 Å². The van der Waals surface area contributed by atoms with E-state index in [4.69, 9.17) is 11.6 Å². The van der Waals surface area contributed by atoms with Crippen LogP contribution < -0.4 is 0 Å². The molecule has 1 rings (SSSR count). The molecule has 5 nitrogen and oxygen atoms in total. The SMILES string of the molecule is COC(=O)CN(C(=O)c1cc(Cl)c[nH]1)C(C)C. The molecule has 0 fully saturated rings. The number of halogens is 1. The van der Waals surface area contributed by atoms with E-state index in [9.17, 15) is 9.59 Å². The summed E-state index contributed by atoms with van der Waals surface area (Å²) >= 11 is 5.73. The summed E-state index contributed by atoms with van der Waals surface area (Å²) in [7, 11) is 1.29. The quantitative estimate of drug-likeness (QED) is 0.836. The summed E-state index contributed by atoms with van der Waals surface area (Å²) in [6, 6.07) is 1.42. The number of amides is 1. The summed E-state index contributed by atoms with van der Waals surface area (Å²) in [6.45, 7) is 3.57. The topological polar surface area (TPSA) is 62.4 Å². The average Bonchev–Trinajstić information content (AvgIpc) is 2.71. The lowest BCUT2D eigenvalue weighted by Gasteiger charge is -2.24. The van der Waals surface area contributed by atoms with Crippen molar-refractivity contribution in [2.75, 3.05) is 13.7 Å². The van der Waals surface area contributed by atoms with Gasteiger partial charge in [-0.2, -0.15) is 0 Å². The minimum absolute atomic E-state index is 0.0797. The lowest BCUT2D eigenvalue weighted by Crippen LogP contribution is -2.41. The van der Waals surface area contributed by atoms with Crippen molar-refractivity contribution in [1.82, 2.24) is 9.88 Å². The van der Waals surface area contributed by atoms with Crippen molar-refractivity contribution >= 4 is 23.5 Å². The maximum Gasteiger partial charge on any atom is 0.325 e. The summed E-state index contributed by atoms with van der Waals surface area (Å²) in [6.07, 6.45) is 1.52. The molecule has 1 amide bonds. The minimum atomic E-state index is -0.454. The minimum Gasteiger partial charge on any atom is -0.468 e. The Labute approximate surface area is 105 Å². The largest absolute Gasteiger partial charge is 0.468 e. The molecule has 0 spiro atoms. The van der Waals surface area contributed by atoms with E-state index in [-0.39, 0.29) is 18.5 Å². The molecule has 0 saturated heterocycles. The van der Waals surface area contributed by atoms with Crippen molar-refractivity contribution in [3.63, 3.8) is 0 Å². The number of aromatic nitrogens is 1. The first-order chi connectivity index (χ1) is 7.95. The third kappa shape index (κ3) is 3.49. The molecule has 1 aromatic heterocycles. The number of nitrogens with one attached hydrogen (secondary N) is 1. The van der Waals surface area contributed by atoms with Crippen LogP contribution in [0.4, 0.5) is 0 Å². The van der Waals surface area contributed by atoms with Gasteiger partial charge in [0.1, 0.15) is 12.2 Å². The molecule has 0 aliphatic heterocycles. The average molecular weight is 259 g/mol. The molecule has 1 N–H and O–H groups in total. The van der Waals surface area contributed by atoms with E-state index in [2.05, 4.69) is 9.72 Å². The van der Waals surface area contributed by atoms with Crippen LogP contribution in [0.15, 0.2) is 12.3 Å². The van der Waals surface area contributed by atoms with Crippen molar-refractivity contribution in [3.05, 3.63) is 23.0 Å². The van der Waals surface area contributed by atoms with E-state index in [0.29, 0.717) is 10.7 Å². The van der Waals surface area contributed by atoms with Crippen LogP contribution in [-0.2, 0) is 9.53 Å². The van der Waals surface area contributed by atoms with Gasteiger partial charge in [0.05, 0.1) is 12.1 Å². The molecule has 1 heterocycles. The number of nitrogens with zero attached hydrogens (tertiary/aromatic N) is 1. The van der Waals surface area contributed by atoms with Crippen LogP contribution in [0.25, 0.3) is 0 Å². The summed E-state index contributed by atoms with van der Waals surface area (Å²) in [5.74, 6) is -0.734. The maximum atomic E-state index is 12.1. The van der Waals surface area contributed by atoms with Gasteiger partial charge in [-0.05, 0) is 19.9 Å². The lowest BCUT2D eigenvalue weighted by molar-refractivity contribution is -0.141. The molecule has 17 heavy (non-hydrogen) atoms. The lowest BCUT2D eigenvalue weighted by atomic mass is 10.2. The summed E-state index contributed by atoms with van der Waals surface area (Å²) in [4.78, 5) is 27.5. The number of hydrogen-bond donors (Lipinski definition) is 1. The van der Waals surface area contributed by atoms with Gasteiger partial charge in [-0.3, -0.25) is 9.59 Å². The standard InChI is InChI=1S/C11H15ClN2O3/c1-7(2)14(6-10(15)17-3)11(16)9-4-8(12)5-13-9/h4-5,7,13H,6H2,1-3H3. The molecule has 0 atom stereocenters. The molecule has 0 bridgehead atoms. The first kappa shape index (κ1) is 13.6. The van der Waals surface area contributed by atoms with Gasteiger partial charge in [-0.25, -0.2) is 0 Å². The van der Waals surface area contributed by atoms with Gasteiger partial charge in [0.25, 0.3) is 5.91 Å². The number of carbonyl (C=O) groups excluding carboxylic acids is 2. The van der Waals surface area contributed by atoms with Crippen molar-refractivity contribution in [3.8, 4) is 0 Å². The molecule has 1 aromatic rings. The number of esters is 1. The Morgan fingerprint density at radius 1 is 1.53 bits per heavy atom. The van der Waals surface area contributed by atoms with Gasteiger partial charge in [-0.1, -0.05) is 11.6 Å². The first-order valence-corrected chi connectivity index (χ1v) is 5.55. The molecule has 0 aromatic carbocycles. The second kappa shape index (κ2) is 5.72. The fourth-order valence-electron chi connectivity index (χ4n) is 1.34. The fraction of sp³-hybridized carbons (Fsp3) is 0.455. The zero-order valence-corrected chi connectivity index (χ0v) is 10.7. The third-order valence-corrected chi connectivity index (χ3v) is 2.51. The zero-order valence-electron chi connectivity index (χ0n) is 9.99. The molecule has 0 unspecified atom stereocenters. The molecule has 94 valence electrons. The monoisotopic (exact) mass is 258 g/mol. The Morgan fingerprint density at radius 2 is 2.18 bits per heavy atom. The number of methoxy groups -OCH3 is 1. The first-order valence-electron chi connectivity index (χ1n) is 5.17. The van der Waals surface area contributed by atoms with Gasteiger partial charge in [0.2, 0.25) is 0 Å². The number of hydrogen-bond acceptors (Lipinski definition) is 3. The van der Waals surface area contributed by atoms with Gasteiger partial charge >= 0.3 is 5.97 Å². The molecule has 0 saturated carbocycles. The summed E-state index contributed by atoms with van der Waals surface area (Å²) < 4.78 is 4.55. The normalized spacial score (nSPS) is 10.4. The van der Waals surface area contributed by atoms with E-state index < -0.39 is 5.97 Å². The molecular weight excluding hydrogens is 244 g/mol. The Kier molecular flexibility index (Phi) is 4.57. The number of ether oxygens (including phenoxy) is 1. The highest BCUT2D eigenvalue weighted by molar-refractivity contribution is 6.30. The van der Waals surface area contributed by atoms with Crippen LogP contribution in [0, 0.1) is 0 Å². The van der Waals surface area contributed by atoms with Gasteiger partial charge in [0, 0.05) is 12.2 Å². The van der Waals surface area contributed by atoms with E-state index in [1.165, 1.54) is 24.3 Å². The van der Waals surface area contributed by atoms with Gasteiger partial charge in [0.15, 0.2) is 0 Å². The van der Waals surface area contributed by atoms with Crippen molar-refractivity contribution in [2.24, 2.45) is 0 Å². The zero-order chi connectivity index (χ0) is 13.0. The summed E-state index contributed by atoms with van der Waals surface area (Å²) in [5, 5.41) is 0.454. The third-order valence-electron chi connectivity index (χ3n) is 2.29. The highest BCUT2D eigenvalue weighted by Gasteiger charge is 2.22. The van der Waals surface area contributed by atoms with Crippen molar-refractivity contribution in [1.29, 1.82) is 0 Å². The Morgan fingerprint density at radius 3 is 2.59 bits per heavy atom. The van der Waals surface area contributed by atoms with Crippen molar-refractivity contribution in [2.45, 2.75) is 19.9 Å². The Balaban J connectivity index is 2.84. The highest BCUT2D eigenvalue weighted by Crippen LogP contribution is 2.13.